The van der Waals surface area contributed by atoms with E-state index in [2.05, 4.69) is 38.1 Å². The maximum Gasteiger partial charge on any atom is 0.231 e. The third-order valence-corrected chi connectivity index (χ3v) is 11.1. The minimum Gasteiger partial charge on any atom is -0.488 e. The van der Waals surface area contributed by atoms with Gasteiger partial charge in [0.25, 0.3) is 0 Å². The number of aliphatic hydroxyl groups excluding tert-OH is 1. The Morgan fingerprint density at radius 2 is 1.13 bits per heavy atom. The highest BCUT2D eigenvalue weighted by Gasteiger charge is 2.38. The fraction of sp³-hybridized carbons (Fsp3) is 0.432. The predicted octanol–water partition coefficient (Wildman–Crippen LogP) is 8.91. The van der Waals surface area contributed by atoms with Crippen LogP contribution >= 0.6 is 0 Å². The van der Waals surface area contributed by atoms with E-state index in [1.807, 2.05) is 50.2 Å². The Bertz CT molecular complexity index is 1870. The van der Waals surface area contributed by atoms with Crippen LogP contribution in [0, 0.1) is 25.7 Å². The van der Waals surface area contributed by atoms with Crippen molar-refractivity contribution < 1.29 is 38.3 Å². The summed E-state index contributed by atoms with van der Waals surface area (Å²) in [5.41, 5.74) is 8.96. The van der Waals surface area contributed by atoms with Crippen LogP contribution in [-0.2, 0) is 30.8 Å². The summed E-state index contributed by atoms with van der Waals surface area (Å²) in [6.45, 7) is 10.2. The Kier molecular flexibility index (Phi) is 10.9. The molecular weight excluding hydrogens is 656 g/mol. The van der Waals surface area contributed by atoms with Crippen LogP contribution in [-0.4, -0.2) is 31.6 Å². The molecule has 8 heteroatoms. The second-order valence-corrected chi connectivity index (χ2v) is 14.4. The third-order valence-electron chi connectivity index (χ3n) is 11.1. The van der Waals surface area contributed by atoms with E-state index in [0.717, 1.165) is 101 Å². The molecule has 4 aliphatic rings. The minimum absolute atomic E-state index is 0.0336. The number of carbonyl (C=O) groups excluding carboxylic acids is 1. The normalized spacial score (nSPS) is 20.6. The third kappa shape index (κ3) is 6.93. The monoisotopic (exact) mass is 706 g/mol. The van der Waals surface area contributed by atoms with E-state index in [1.165, 1.54) is 16.7 Å². The Balaban J connectivity index is 0.000000162. The topological polar surface area (TPSA) is 92.7 Å². The molecule has 4 atom stereocenters. The van der Waals surface area contributed by atoms with Gasteiger partial charge in [0.05, 0.1) is 0 Å². The van der Waals surface area contributed by atoms with Crippen molar-refractivity contribution in [3.63, 3.8) is 0 Å². The first-order valence-electron chi connectivity index (χ1n) is 18.7. The predicted molar refractivity (Wildman–Crippen MR) is 199 cm³/mol. The molecule has 1 N–H and O–H groups in total. The van der Waals surface area contributed by atoms with Crippen molar-refractivity contribution in [1.29, 1.82) is 0 Å². The molecule has 0 bridgehead atoms. The number of carbonyl (C=O) groups is 1. The molecule has 0 saturated heterocycles. The molecule has 0 unspecified atom stereocenters. The first-order valence-corrected chi connectivity index (χ1v) is 18.7. The molecular formula is C44H50O8. The second kappa shape index (κ2) is 15.9. The Hall–Kier alpha value is -4.69. The first-order chi connectivity index (χ1) is 25.4. The molecule has 2 aliphatic heterocycles. The maximum absolute atomic E-state index is 11.5. The molecule has 0 aromatic heterocycles. The van der Waals surface area contributed by atoms with Crippen LogP contribution < -0.4 is 28.4 Å². The molecule has 274 valence electrons. The number of ether oxygens (including phenoxy) is 6. The van der Waals surface area contributed by atoms with Gasteiger partial charge in [0.1, 0.15) is 31.0 Å². The number of aldehydes is 1. The maximum atomic E-state index is 11.5. The molecule has 4 aromatic rings. The van der Waals surface area contributed by atoms with Gasteiger partial charge in [-0.15, -0.1) is 0 Å². The zero-order chi connectivity index (χ0) is 36.2. The highest BCUT2D eigenvalue weighted by atomic mass is 16.7. The number of hydrogen-bond donors (Lipinski definition) is 1. The number of benzene rings is 4. The van der Waals surface area contributed by atoms with Gasteiger partial charge in [-0.3, -0.25) is 0 Å². The fourth-order valence-corrected chi connectivity index (χ4v) is 8.52. The summed E-state index contributed by atoms with van der Waals surface area (Å²) in [5, 5.41) is 9.79. The summed E-state index contributed by atoms with van der Waals surface area (Å²) in [7, 11) is 0. The largest absolute Gasteiger partial charge is 0.488 e. The average Bonchev–Trinajstić information content (AvgIpc) is 3.89. The van der Waals surface area contributed by atoms with Crippen LogP contribution in [0.3, 0.4) is 0 Å². The van der Waals surface area contributed by atoms with Crippen molar-refractivity contribution in [2.75, 3.05) is 20.2 Å². The smallest absolute Gasteiger partial charge is 0.231 e. The SMILES string of the molecule is CC[C@@H]1C[C@H](C=O)Cc2c(OCc3ccccc3)c(C)c3c(c21)OCO3.CC[C@@H]1C[C@H](CO)Cc2c(OCc3ccccc3)c(C)c3c(c21)OCO3. The average molecular weight is 707 g/mol. The van der Waals surface area contributed by atoms with E-state index in [9.17, 15) is 9.90 Å². The van der Waals surface area contributed by atoms with Crippen molar-refractivity contribution in [1.82, 2.24) is 0 Å². The van der Waals surface area contributed by atoms with Crippen LogP contribution in [0.2, 0.25) is 0 Å². The van der Waals surface area contributed by atoms with Crippen LogP contribution in [0.25, 0.3) is 0 Å². The lowest BCUT2D eigenvalue weighted by molar-refractivity contribution is -0.111. The Morgan fingerprint density at radius 1 is 0.673 bits per heavy atom. The summed E-state index contributed by atoms with van der Waals surface area (Å²) in [5.74, 6) is 6.12. The number of aliphatic hydroxyl groups is 1. The lowest BCUT2D eigenvalue weighted by Gasteiger charge is -2.33. The molecule has 0 radical (unpaired) electrons. The Morgan fingerprint density at radius 3 is 1.60 bits per heavy atom. The van der Waals surface area contributed by atoms with Gasteiger partial charge < -0.3 is 38.3 Å². The lowest BCUT2D eigenvalue weighted by Crippen LogP contribution is -2.23. The molecule has 0 fully saturated rings. The van der Waals surface area contributed by atoms with Gasteiger partial charge in [0.15, 0.2) is 23.0 Å². The number of rotatable bonds is 10. The second-order valence-electron chi connectivity index (χ2n) is 14.4. The van der Waals surface area contributed by atoms with Crippen LogP contribution in [0.1, 0.15) is 95.9 Å². The van der Waals surface area contributed by atoms with Crippen molar-refractivity contribution in [2.24, 2.45) is 11.8 Å². The highest BCUT2D eigenvalue weighted by molar-refractivity contribution is 5.68. The molecule has 2 heterocycles. The van der Waals surface area contributed by atoms with Gasteiger partial charge in [-0.05, 0) is 81.3 Å². The molecule has 2 aliphatic carbocycles. The number of fused-ring (bicyclic) bond motifs is 6. The van der Waals surface area contributed by atoms with Crippen LogP contribution in [0.4, 0.5) is 0 Å². The van der Waals surface area contributed by atoms with E-state index in [-0.39, 0.29) is 32.0 Å². The van der Waals surface area contributed by atoms with Gasteiger partial charge in [-0.25, -0.2) is 0 Å². The zero-order valence-corrected chi connectivity index (χ0v) is 30.7. The van der Waals surface area contributed by atoms with Crippen molar-refractivity contribution in [3.8, 4) is 34.5 Å². The molecule has 0 amide bonds. The van der Waals surface area contributed by atoms with Gasteiger partial charge in [-0.1, -0.05) is 74.5 Å². The molecule has 0 saturated carbocycles. The van der Waals surface area contributed by atoms with Crippen LogP contribution in [0.15, 0.2) is 60.7 Å². The van der Waals surface area contributed by atoms with Gasteiger partial charge >= 0.3 is 0 Å². The molecule has 8 rings (SSSR count). The lowest BCUT2D eigenvalue weighted by atomic mass is 9.74. The summed E-state index contributed by atoms with van der Waals surface area (Å²) in [4.78, 5) is 11.5. The molecule has 4 aromatic carbocycles. The molecule has 0 spiro atoms. The van der Waals surface area contributed by atoms with E-state index >= 15 is 0 Å². The van der Waals surface area contributed by atoms with Crippen molar-refractivity contribution in [2.45, 2.75) is 91.3 Å². The number of hydrogen-bond acceptors (Lipinski definition) is 8. The summed E-state index contributed by atoms with van der Waals surface area (Å²) in [6.07, 6.45) is 6.45. The van der Waals surface area contributed by atoms with Crippen molar-refractivity contribution >= 4 is 6.29 Å². The van der Waals surface area contributed by atoms with Gasteiger partial charge in [-0.2, -0.15) is 0 Å². The summed E-state index contributed by atoms with van der Waals surface area (Å²) < 4.78 is 35.8. The summed E-state index contributed by atoms with van der Waals surface area (Å²) in [6, 6.07) is 20.3. The van der Waals surface area contributed by atoms with Crippen molar-refractivity contribution in [3.05, 3.63) is 105 Å². The first kappa shape index (κ1) is 35.7. The standard InChI is InChI=1S/C22H26O4.C22H24O4/c2*1-3-17-9-16(11-23)10-18-19(17)22-21(25-13-26-22)14(2)20(18)24-12-15-7-5-4-6-8-15/h4-8,16-17,23H,3,9-13H2,1-2H3;4-8,11,16-17H,3,9-10,12-13H2,1-2H3/t2*16-,17+/m00/s1. The van der Waals surface area contributed by atoms with E-state index in [1.54, 1.807) is 0 Å². The Labute approximate surface area is 307 Å². The fourth-order valence-electron chi connectivity index (χ4n) is 8.52. The van der Waals surface area contributed by atoms with E-state index < -0.39 is 0 Å². The highest BCUT2D eigenvalue weighted by Crippen LogP contribution is 2.55. The van der Waals surface area contributed by atoms with Gasteiger partial charge in [0.2, 0.25) is 13.6 Å². The quantitative estimate of drug-likeness (QED) is 0.164. The minimum atomic E-state index is 0.0336. The van der Waals surface area contributed by atoms with E-state index in [4.69, 9.17) is 28.4 Å². The van der Waals surface area contributed by atoms with E-state index in [0.29, 0.717) is 31.5 Å². The molecule has 8 nitrogen and oxygen atoms in total. The summed E-state index contributed by atoms with van der Waals surface area (Å²) >= 11 is 0. The van der Waals surface area contributed by atoms with Crippen LogP contribution in [0.5, 0.6) is 34.5 Å². The van der Waals surface area contributed by atoms with Gasteiger partial charge in [0, 0.05) is 45.9 Å². The zero-order valence-electron chi connectivity index (χ0n) is 30.7. The molecule has 52 heavy (non-hydrogen) atoms.